The van der Waals surface area contributed by atoms with Crippen LogP contribution in [-0.2, 0) is 11.2 Å². The molecular weight excluding hydrogens is 402 g/mol. The standard InChI is InChI=1S/C21H21N5O3S/c1-2-22-20-16-7-3-4-8-17(16)23-21(24-20)30-13-19(27)25-11-5-6-14-12-15(26(28)29)9-10-18(14)25/h3-4,7-10,12H,2,5-6,11,13H2,1H3,(H,22,23,24). The third-order valence-electron chi connectivity index (χ3n) is 4.95. The monoisotopic (exact) mass is 423 g/mol. The number of benzene rings is 2. The van der Waals surface area contributed by atoms with Gasteiger partial charge in [-0.25, -0.2) is 9.97 Å². The fourth-order valence-corrected chi connectivity index (χ4v) is 4.31. The van der Waals surface area contributed by atoms with Crippen molar-refractivity contribution in [1.29, 1.82) is 0 Å². The number of nitro benzene ring substituents is 1. The van der Waals surface area contributed by atoms with Crippen LogP contribution in [0.4, 0.5) is 17.2 Å². The summed E-state index contributed by atoms with van der Waals surface area (Å²) >= 11 is 1.30. The SMILES string of the molecule is CCNc1nc(SCC(=O)N2CCCc3cc([N+](=O)[O-])ccc32)nc2ccccc12. The average Bonchev–Trinajstić information content (AvgIpc) is 2.76. The van der Waals surface area contributed by atoms with E-state index in [1.807, 2.05) is 31.2 Å². The van der Waals surface area contributed by atoms with Crippen molar-refractivity contribution in [2.24, 2.45) is 0 Å². The molecule has 0 bridgehead atoms. The molecule has 0 atom stereocenters. The topological polar surface area (TPSA) is 101 Å². The first-order valence-electron chi connectivity index (χ1n) is 9.78. The van der Waals surface area contributed by atoms with E-state index >= 15 is 0 Å². The quantitative estimate of drug-likeness (QED) is 0.276. The molecule has 9 heteroatoms. The number of hydrogen-bond donors (Lipinski definition) is 1. The van der Waals surface area contributed by atoms with Crippen molar-refractivity contribution >= 4 is 45.8 Å². The van der Waals surface area contributed by atoms with E-state index in [2.05, 4.69) is 15.3 Å². The highest BCUT2D eigenvalue weighted by atomic mass is 32.2. The normalized spacial score (nSPS) is 13.2. The average molecular weight is 423 g/mol. The Labute approximate surface area is 177 Å². The highest BCUT2D eigenvalue weighted by molar-refractivity contribution is 7.99. The van der Waals surface area contributed by atoms with Gasteiger partial charge in [0, 0.05) is 36.3 Å². The predicted molar refractivity (Wildman–Crippen MR) is 118 cm³/mol. The smallest absolute Gasteiger partial charge is 0.269 e. The Balaban J connectivity index is 1.53. The minimum atomic E-state index is -0.407. The van der Waals surface area contributed by atoms with E-state index in [-0.39, 0.29) is 17.3 Å². The number of aromatic nitrogens is 2. The molecule has 2 heterocycles. The summed E-state index contributed by atoms with van der Waals surface area (Å²) in [7, 11) is 0. The fraction of sp³-hybridized carbons (Fsp3) is 0.286. The Kier molecular flexibility index (Phi) is 5.80. The fourth-order valence-electron chi connectivity index (χ4n) is 3.58. The number of rotatable bonds is 6. The molecule has 3 aromatic rings. The van der Waals surface area contributed by atoms with Crippen molar-refractivity contribution in [2.45, 2.75) is 24.9 Å². The summed E-state index contributed by atoms with van der Waals surface area (Å²) in [6, 6.07) is 12.5. The zero-order valence-corrected chi connectivity index (χ0v) is 17.3. The predicted octanol–water partition coefficient (Wildman–Crippen LogP) is 4.04. The largest absolute Gasteiger partial charge is 0.370 e. The summed E-state index contributed by atoms with van der Waals surface area (Å²) in [5.41, 5.74) is 2.47. The summed E-state index contributed by atoms with van der Waals surface area (Å²) in [4.78, 5) is 34.4. The van der Waals surface area contributed by atoms with E-state index in [4.69, 9.17) is 0 Å². The van der Waals surface area contributed by atoms with Gasteiger partial charge in [-0.1, -0.05) is 23.9 Å². The van der Waals surface area contributed by atoms with Crippen molar-refractivity contribution < 1.29 is 9.72 Å². The summed E-state index contributed by atoms with van der Waals surface area (Å²) in [5, 5.41) is 15.8. The van der Waals surface area contributed by atoms with Crippen LogP contribution in [0.2, 0.25) is 0 Å². The van der Waals surface area contributed by atoms with Gasteiger partial charge in [-0.05, 0) is 43.5 Å². The number of nitro groups is 1. The second kappa shape index (κ2) is 8.66. The first kappa shape index (κ1) is 20.1. The number of carbonyl (C=O) groups excluding carboxylic acids is 1. The van der Waals surface area contributed by atoms with Gasteiger partial charge in [-0.2, -0.15) is 0 Å². The third-order valence-corrected chi connectivity index (χ3v) is 5.78. The molecule has 1 aliphatic rings. The number of hydrogen-bond acceptors (Lipinski definition) is 7. The molecule has 0 saturated heterocycles. The molecule has 8 nitrogen and oxygen atoms in total. The van der Waals surface area contributed by atoms with Crippen LogP contribution in [0, 0.1) is 10.1 Å². The van der Waals surface area contributed by atoms with E-state index in [0.29, 0.717) is 11.7 Å². The van der Waals surface area contributed by atoms with E-state index in [1.54, 1.807) is 17.0 Å². The van der Waals surface area contributed by atoms with Crippen LogP contribution >= 0.6 is 11.8 Å². The van der Waals surface area contributed by atoms with Crippen LogP contribution in [-0.4, -0.2) is 39.6 Å². The van der Waals surface area contributed by atoms with Gasteiger partial charge in [0.1, 0.15) is 5.82 Å². The maximum Gasteiger partial charge on any atom is 0.269 e. The second-order valence-corrected chi connectivity index (χ2v) is 7.85. The van der Waals surface area contributed by atoms with Gasteiger partial charge in [0.05, 0.1) is 16.2 Å². The summed E-state index contributed by atoms with van der Waals surface area (Å²) in [6.07, 6.45) is 1.51. The van der Waals surface area contributed by atoms with Gasteiger partial charge >= 0.3 is 0 Å². The van der Waals surface area contributed by atoms with Crippen LogP contribution in [0.1, 0.15) is 18.9 Å². The number of amides is 1. The second-order valence-electron chi connectivity index (χ2n) is 6.91. The number of anilines is 2. The lowest BCUT2D eigenvalue weighted by Crippen LogP contribution is -2.36. The third kappa shape index (κ3) is 4.06. The van der Waals surface area contributed by atoms with Crippen molar-refractivity contribution in [1.82, 2.24) is 9.97 Å². The zero-order chi connectivity index (χ0) is 21.1. The minimum absolute atomic E-state index is 0.0536. The Hall–Kier alpha value is -3.20. The van der Waals surface area contributed by atoms with E-state index in [1.165, 1.54) is 17.8 Å². The maximum atomic E-state index is 12.9. The molecule has 30 heavy (non-hydrogen) atoms. The van der Waals surface area contributed by atoms with Crippen LogP contribution in [0.15, 0.2) is 47.6 Å². The Morgan fingerprint density at radius 1 is 1.27 bits per heavy atom. The number of carbonyl (C=O) groups is 1. The lowest BCUT2D eigenvalue weighted by molar-refractivity contribution is -0.384. The molecule has 0 saturated carbocycles. The van der Waals surface area contributed by atoms with Crippen LogP contribution < -0.4 is 10.2 Å². The van der Waals surface area contributed by atoms with Gasteiger partial charge in [0.25, 0.3) is 5.69 Å². The minimum Gasteiger partial charge on any atom is -0.370 e. The highest BCUT2D eigenvalue weighted by Crippen LogP contribution is 2.31. The number of para-hydroxylation sites is 1. The van der Waals surface area contributed by atoms with Crippen molar-refractivity contribution in [2.75, 3.05) is 29.1 Å². The number of aryl methyl sites for hydroxylation is 1. The van der Waals surface area contributed by atoms with Crippen molar-refractivity contribution in [3.8, 4) is 0 Å². The molecule has 1 N–H and O–H groups in total. The molecule has 1 aliphatic heterocycles. The Morgan fingerprint density at radius 2 is 2.10 bits per heavy atom. The molecule has 0 radical (unpaired) electrons. The van der Waals surface area contributed by atoms with Gasteiger partial charge in [0.15, 0.2) is 5.16 Å². The molecule has 4 rings (SSSR count). The Bertz CT molecular complexity index is 1120. The molecule has 1 amide bonds. The van der Waals surface area contributed by atoms with E-state index in [0.717, 1.165) is 47.4 Å². The maximum absolute atomic E-state index is 12.9. The van der Waals surface area contributed by atoms with E-state index < -0.39 is 4.92 Å². The van der Waals surface area contributed by atoms with Gasteiger partial charge in [-0.15, -0.1) is 0 Å². The summed E-state index contributed by atoms with van der Waals surface area (Å²) in [6.45, 7) is 3.34. The molecule has 2 aromatic carbocycles. The Morgan fingerprint density at radius 3 is 2.90 bits per heavy atom. The highest BCUT2D eigenvalue weighted by Gasteiger charge is 2.24. The van der Waals surface area contributed by atoms with Crippen molar-refractivity contribution in [3.63, 3.8) is 0 Å². The van der Waals surface area contributed by atoms with Gasteiger partial charge in [0.2, 0.25) is 5.91 Å². The lowest BCUT2D eigenvalue weighted by atomic mass is 10.0. The lowest BCUT2D eigenvalue weighted by Gasteiger charge is -2.29. The number of fused-ring (bicyclic) bond motifs is 2. The van der Waals surface area contributed by atoms with Crippen LogP contribution in [0.25, 0.3) is 10.9 Å². The first-order chi connectivity index (χ1) is 14.6. The number of non-ortho nitro benzene ring substituents is 1. The number of nitrogens with one attached hydrogen (secondary N) is 1. The number of thioether (sulfide) groups is 1. The molecule has 0 fully saturated rings. The molecule has 0 unspecified atom stereocenters. The molecule has 0 aliphatic carbocycles. The molecule has 154 valence electrons. The van der Waals surface area contributed by atoms with E-state index in [9.17, 15) is 14.9 Å². The zero-order valence-electron chi connectivity index (χ0n) is 16.5. The van der Waals surface area contributed by atoms with Gasteiger partial charge in [-0.3, -0.25) is 14.9 Å². The van der Waals surface area contributed by atoms with Crippen molar-refractivity contribution in [3.05, 3.63) is 58.1 Å². The molecular formula is C21H21N5O3S. The molecule has 0 spiro atoms. The summed E-state index contributed by atoms with van der Waals surface area (Å²) in [5.74, 6) is 0.894. The van der Waals surface area contributed by atoms with Crippen LogP contribution in [0.3, 0.4) is 0 Å². The first-order valence-corrected chi connectivity index (χ1v) is 10.8. The number of nitrogens with zero attached hydrogens (tertiary/aromatic N) is 4. The van der Waals surface area contributed by atoms with Crippen LogP contribution in [0.5, 0.6) is 0 Å². The summed E-state index contributed by atoms with van der Waals surface area (Å²) < 4.78 is 0. The molecule has 1 aromatic heterocycles. The van der Waals surface area contributed by atoms with Gasteiger partial charge < -0.3 is 10.2 Å².